The Bertz CT molecular complexity index is 495. The topological polar surface area (TPSA) is 35.0 Å². The molecule has 0 spiro atoms. The maximum Gasteiger partial charge on any atom is 0.238 e. The lowest BCUT2D eigenvalue weighted by molar-refractivity contribution is 0.451. The van der Waals surface area contributed by atoms with Crippen LogP contribution in [0.4, 0.5) is 0 Å². The highest BCUT2D eigenvalue weighted by Crippen LogP contribution is 2.26. The first-order valence-corrected chi connectivity index (χ1v) is 5.20. The van der Waals surface area contributed by atoms with Gasteiger partial charge in [-0.15, -0.1) is 5.10 Å². The molecule has 0 aliphatic rings. The molecule has 0 aliphatic carbocycles. The minimum atomic E-state index is 0.524. The SMILES string of the molecule is Cc1cc(C)c(C)c(Oc2cccnn2)c1. The first kappa shape index (κ1) is 10.6. The molecule has 1 heterocycles. The summed E-state index contributed by atoms with van der Waals surface area (Å²) in [7, 11) is 0. The van der Waals surface area contributed by atoms with E-state index < -0.39 is 0 Å². The Morgan fingerprint density at radius 3 is 2.62 bits per heavy atom. The van der Waals surface area contributed by atoms with Crippen molar-refractivity contribution in [2.24, 2.45) is 0 Å². The van der Waals surface area contributed by atoms with Gasteiger partial charge < -0.3 is 4.74 Å². The van der Waals surface area contributed by atoms with Crippen LogP contribution in [0.25, 0.3) is 0 Å². The number of hydrogen-bond acceptors (Lipinski definition) is 3. The van der Waals surface area contributed by atoms with Gasteiger partial charge in [-0.1, -0.05) is 6.07 Å². The molecule has 0 radical (unpaired) electrons. The van der Waals surface area contributed by atoms with Crippen molar-refractivity contribution in [2.75, 3.05) is 0 Å². The van der Waals surface area contributed by atoms with Gasteiger partial charge in [0, 0.05) is 12.3 Å². The van der Waals surface area contributed by atoms with E-state index in [9.17, 15) is 0 Å². The Hall–Kier alpha value is -1.90. The van der Waals surface area contributed by atoms with Crippen LogP contribution in [0.2, 0.25) is 0 Å². The lowest BCUT2D eigenvalue weighted by Gasteiger charge is -2.10. The standard InChI is InChI=1S/C13H14N2O/c1-9-7-10(2)11(3)12(8-9)16-13-5-4-6-14-15-13/h4-8H,1-3H3. The van der Waals surface area contributed by atoms with Crippen molar-refractivity contribution in [1.82, 2.24) is 10.2 Å². The Morgan fingerprint density at radius 1 is 1.12 bits per heavy atom. The van der Waals surface area contributed by atoms with Crippen molar-refractivity contribution in [3.8, 4) is 11.6 Å². The maximum atomic E-state index is 5.70. The van der Waals surface area contributed by atoms with Crippen LogP contribution in [0.15, 0.2) is 30.5 Å². The molecule has 0 saturated heterocycles. The summed E-state index contributed by atoms with van der Waals surface area (Å²) < 4.78 is 5.70. The Labute approximate surface area is 95.1 Å². The molecule has 3 nitrogen and oxygen atoms in total. The third-order valence-corrected chi connectivity index (χ3v) is 2.53. The quantitative estimate of drug-likeness (QED) is 0.770. The second-order valence-corrected chi connectivity index (χ2v) is 3.87. The molecule has 0 fully saturated rings. The molecule has 0 atom stereocenters. The summed E-state index contributed by atoms with van der Waals surface area (Å²) >= 11 is 0. The molecule has 16 heavy (non-hydrogen) atoms. The van der Waals surface area contributed by atoms with E-state index in [2.05, 4.69) is 30.1 Å². The first-order valence-electron chi connectivity index (χ1n) is 5.20. The number of benzene rings is 1. The summed E-state index contributed by atoms with van der Waals surface area (Å²) in [5.74, 6) is 1.37. The molecule has 2 aromatic rings. The molecule has 82 valence electrons. The van der Waals surface area contributed by atoms with Crippen LogP contribution in [0.3, 0.4) is 0 Å². The molecule has 0 saturated carbocycles. The highest BCUT2D eigenvalue weighted by Gasteiger charge is 2.05. The lowest BCUT2D eigenvalue weighted by Crippen LogP contribution is -1.94. The van der Waals surface area contributed by atoms with Crippen molar-refractivity contribution < 1.29 is 4.74 Å². The second kappa shape index (κ2) is 4.31. The molecule has 0 aliphatic heterocycles. The van der Waals surface area contributed by atoms with Gasteiger partial charge >= 0.3 is 0 Å². The Kier molecular flexibility index (Phi) is 2.86. The average Bonchev–Trinajstić information content (AvgIpc) is 2.27. The number of rotatable bonds is 2. The van der Waals surface area contributed by atoms with Crippen LogP contribution < -0.4 is 4.74 Å². The summed E-state index contributed by atoms with van der Waals surface area (Å²) in [6, 6.07) is 7.75. The molecule has 0 amide bonds. The van der Waals surface area contributed by atoms with Gasteiger partial charge in [0.05, 0.1) is 0 Å². The smallest absolute Gasteiger partial charge is 0.238 e. The molecule has 0 bridgehead atoms. The van der Waals surface area contributed by atoms with E-state index in [4.69, 9.17) is 4.74 Å². The van der Waals surface area contributed by atoms with E-state index in [-0.39, 0.29) is 0 Å². The van der Waals surface area contributed by atoms with Crippen molar-refractivity contribution in [3.05, 3.63) is 47.2 Å². The molecule has 0 unspecified atom stereocenters. The molecule has 2 rings (SSSR count). The normalized spacial score (nSPS) is 10.2. The lowest BCUT2D eigenvalue weighted by atomic mass is 10.1. The van der Waals surface area contributed by atoms with E-state index in [0.29, 0.717) is 5.88 Å². The summed E-state index contributed by atoms with van der Waals surface area (Å²) in [6.07, 6.45) is 1.63. The third-order valence-electron chi connectivity index (χ3n) is 2.53. The van der Waals surface area contributed by atoms with Gasteiger partial charge in [0.1, 0.15) is 5.75 Å². The van der Waals surface area contributed by atoms with Gasteiger partial charge in [-0.05, 0) is 49.6 Å². The van der Waals surface area contributed by atoms with Crippen molar-refractivity contribution in [1.29, 1.82) is 0 Å². The van der Waals surface area contributed by atoms with E-state index in [1.165, 1.54) is 11.1 Å². The van der Waals surface area contributed by atoms with E-state index in [1.807, 2.05) is 13.0 Å². The molecular weight excluding hydrogens is 200 g/mol. The molecule has 0 N–H and O–H groups in total. The molecule has 1 aromatic carbocycles. The molecule has 1 aromatic heterocycles. The molecule has 3 heteroatoms. The first-order chi connectivity index (χ1) is 7.66. The number of aromatic nitrogens is 2. The predicted molar refractivity (Wildman–Crippen MR) is 62.8 cm³/mol. The van der Waals surface area contributed by atoms with Crippen LogP contribution in [0, 0.1) is 20.8 Å². The zero-order chi connectivity index (χ0) is 11.5. The number of nitrogens with zero attached hydrogens (tertiary/aromatic N) is 2. The average molecular weight is 214 g/mol. The zero-order valence-corrected chi connectivity index (χ0v) is 9.69. The van der Waals surface area contributed by atoms with E-state index in [1.54, 1.807) is 18.3 Å². The van der Waals surface area contributed by atoms with Gasteiger partial charge in [0.25, 0.3) is 0 Å². The van der Waals surface area contributed by atoms with Crippen LogP contribution in [-0.2, 0) is 0 Å². The van der Waals surface area contributed by atoms with Crippen molar-refractivity contribution in [2.45, 2.75) is 20.8 Å². The summed E-state index contributed by atoms with van der Waals surface area (Å²) in [4.78, 5) is 0. The van der Waals surface area contributed by atoms with Crippen LogP contribution in [-0.4, -0.2) is 10.2 Å². The number of aryl methyl sites for hydroxylation is 2. The fraction of sp³-hybridized carbons (Fsp3) is 0.231. The predicted octanol–water partition coefficient (Wildman–Crippen LogP) is 3.19. The fourth-order valence-electron chi connectivity index (χ4n) is 1.56. The third kappa shape index (κ3) is 2.19. The van der Waals surface area contributed by atoms with Gasteiger partial charge in [0.15, 0.2) is 0 Å². The van der Waals surface area contributed by atoms with E-state index in [0.717, 1.165) is 11.3 Å². The van der Waals surface area contributed by atoms with Crippen molar-refractivity contribution >= 4 is 0 Å². The number of hydrogen-bond donors (Lipinski definition) is 0. The van der Waals surface area contributed by atoms with Gasteiger partial charge in [-0.25, -0.2) is 0 Å². The van der Waals surface area contributed by atoms with E-state index >= 15 is 0 Å². The summed E-state index contributed by atoms with van der Waals surface area (Å²) in [6.45, 7) is 6.17. The Morgan fingerprint density at radius 2 is 1.94 bits per heavy atom. The summed E-state index contributed by atoms with van der Waals surface area (Å²) in [5, 5.41) is 7.68. The highest BCUT2D eigenvalue weighted by molar-refractivity contribution is 5.43. The van der Waals surface area contributed by atoms with Gasteiger partial charge in [-0.3, -0.25) is 0 Å². The maximum absolute atomic E-state index is 5.70. The molecular formula is C13H14N2O. The minimum absolute atomic E-state index is 0.524. The summed E-state index contributed by atoms with van der Waals surface area (Å²) in [5.41, 5.74) is 3.54. The number of ether oxygens (including phenoxy) is 1. The zero-order valence-electron chi connectivity index (χ0n) is 9.69. The van der Waals surface area contributed by atoms with Crippen molar-refractivity contribution in [3.63, 3.8) is 0 Å². The van der Waals surface area contributed by atoms with Crippen LogP contribution >= 0.6 is 0 Å². The van der Waals surface area contributed by atoms with Gasteiger partial charge in [0.2, 0.25) is 5.88 Å². The minimum Gasteiger partial charge on any atom is -0.437 e. The van der Waals surface area contributed by atoms with Crippen LogP contribution in [0.5, 0.6) is 11.6 Å². The highest BCUT2D eigenvalue weighted by atomic mass is 16.5. The van der Waals surface area contributed by atoms with Gasteiger partial charge in [-0.2, -0.15) is 5.10 Å². The fourth-order valence-corrected chi connectivity index (χ4v) is 1.56. The monoisotopic (exact) mass is 214 g/mol. The largest absolute Gasteiger partial charge is 0.437 e. The van der Waals surface area contributed by atoms with Crippen LogP contribution in [0.1, 0.15) is 16.7 Å². The second-order valence-electron chi connectivity index (χ2n) is 3.87. The Balaban J connectivity index is 2.35.